The number of carbonyl (C=O) groups is 1. The van der Waals surface area contributed by atoms with Crippen LogP contribution < -0.4 is 4.74 Å². The van der Waals surface area contributed by atoms with E-state index in [-0.39, 0.29) is 21.9 Å². The summed E-state index contributed by atoms with van der Waals surface area (Å²) in [6, 6.07) is 9.57. The van der Waals surface area contributed by atoms with E-state index in [1.54, 1.807) is 30.3 Å². The van der Waals surface area contributed by atoms with Crippen LogP contribution in [0.3, 0.4) is 0 Å². The van der Waals surface area contributed by atoms with Crippen molar-refractivity contribution in [2.75, 3.05) is 7.11 Å². The lowest BCUT2D eigenvalue weighted by atomic mass is 10.0. The van der Waals surface area contributed by atoms with E-state index in [1.807, 2.05) is 0 Å². The summed E-state index contributed by atoms with van der Waals surface area (Å²) < 4.78 is 19.2. The van der Waals surface area contributed by atoms with E-state index in [0.717, 1.165) is 6.07 Å². The van der Waals surface area contributed by atoms with Crippen molar-refractivity contribution in [3.8, 4) is 16.9 Å². The molecule has 0 aliphatic rings. The van der Waals surface area contributed by atoms with Crippen LogP contribution in [0.2, 0.25) is 5.02 Å². The third kappa shape index (κ3) is 2.39. The summed E-state index contributed by atoms with van der Waals surface area (Å²) in [5, 5.41) is 8.87. The van der Waals surface area contributed by atoms with Gasteiger partial charge < -0.3 is 9.84 Å². The Kier molecular flexibility index (Phi) is 3.71. The smallest absolute Gasteiger partial charge is 0.339 e. The molecule has 2 aromatic rings. The van der Waals surface area contributed by atoms with Gasteiger partial charge in [0.25, 0.3) is 0 Å². The first kappa shape index (κ1) is 13.4. The molecule has 0 saturated carbocycles. The Hall–Kier alpha value is -2.07. The highest BCUT2D eigenvalue weighted by atomic mass is 35.5. The Morgan fingerprint density at radius 1 is 1.32 bits per heavy atom. The van der Waals surface area contributed by atoms with Gasteiger partial charge in [-0.1, -0.05) is 41.9 Å². The molecule has 0 radical (unpaired) electrons. The van der Waals surface area contributed by atoms with Crippen LogP contribution in [0.1, 0.15) is 10.4 Å². The van der Waals surface area contributed by atoms with Crippen LogP contribution in [0.4, 0.5) is 4.39 Å². The Labute approximate surface area is 114 Å². The first-order chi connectivity index (χ1) is 9.06. The molecule has 19 heavy (non-hydrogen) atoms. The van der Waals surface area contributed by atoms with Crippen molar-refractivity contribution in [1.82, 2.24) is 0 Å². The fraction of sp³-hybridized carbons (Fsp3) is 0.0714. The summed E-state index contributed by atoms with van der Waals surface area (Å²) in [5.74, 6) is -1.97. The molecule has 0 aliphatic heterocycles. The van der Waals surface area contributed by atoms with Crippen LogP contribution in [0.25, 0.3) is 11.1 Å². The second kappa shape index (κ2) is 5.28. The molecular weight excluding hydrogens is 271 g/mol. The van der Waals surface area contributed by atoms with Gasteiger partial charge in [0, 0.05) is 0 Å². The predicted octanol–water partition coefficient (Wildman–Crippen LogP) is 3.85. The third-order valence-corrected chi connectivity index (χ3v) is 2.94. The van der Waals surface area contributed by atoms with Gasteiger partial charge in [0.1, 0.15) is 11.3 Å². The maximum atomic E-state index is 14.2. The predicted molar refractivity (Wildman–Crippen MR) is 70.4 cm³/mol. The van der Waals surface area contributed by atoms with Crippen molar-refractivity contribution in [2.45, 2.75) is 0 Å². The summed E-state index contributed by atoms with van der Waals surface area (Å²) in [4.78, 5) is 11.2. The molecule has 5 heteroatoms. The van der Waals surface area contributed by atoms with Gasteiger partial charge in [-0.05, 0) is 11.6 Å². The number of ether oxygens (including phenoxy) is 1. The zero-order valence-electron chi connectivity index (χ0n) is 9.98. The second-order valence-electron chi connectivity index (χ2n) is 3.80. The Morgan fingerprint density at radius 2 is 1.95 bits per heavy atom. The van der Waals surface area contributed by atoms with E-state index in [0.29, 0.717) is 5.56 Å². The molecule has 0 aliphatic carbocycles. The van der Waals surface area contributed by atoms with Crippen molar-refractivity contribution >= 4 is 17.6 Å². The van der Waals surface area contributed by atoms with Gasteiger partial charge in [0.2, 0.25) is 0 Å². The zero-order valence-corrected chi connectivity index (χ0v) is 10.7. The Morgan fingerprint density at radius 3 is 2.47 bits per heavy atom. The molecule has 2 aromatic carbocycles. The van der Waals surface area contributed by atoms with Gasteiger partial charge in [-0.15, -0.1) is 0 Å². The maximum Gasteiger partial charge on any atom is 0.339 e. The molecule has 0 aromatic heterocycles. The van der Waals surface area contributed by atoms with Gasteiger partial charge in [0.15, 0.2) is 5.82 Å². The topological polar surface area (TPSA) is 46.5 Å². The lowest BCUT2D eigenvalue weighted by molar-refractivity contribution is 0.0693. The minimum Gasteiger partial charge on any atom is -0.495 e. The van der Waals surface area contributed by atoms with E-state index < -0.39 is 11.8 Å². The fourth-order valence-electron chi connectivity index (χ4n) is 1.84. The summed E-state index contributed by atoms with van der Waals surface area (Å²) >= 11 is 5.75. The highest BCUT2D eigenvalue weighted by molar-refractivity contribution is 6.31. The van der Waals surface area contributed by atoms with Crippen molar-refractivity contribution in [3.05, 3.63) is 52.8 Å². The molecule has 0 amide bonds. The second-order valence-corrected chi connectivity index (χ2v) is 4.21. The molecule has 2 rings (SSSR count). The minimum absolute atomic E-state index is 0.0411. The summed E-state index contributed by atoms with van der Waals surface area (Å²) in [6.07, 6.45) is 0. The number of carboxylic acids is 1. The van der Waals surface area contributed by atoms with E-state index in [2.05, 4.69) is 0 Å². The van der Waals surface area contributed by atoms with Crippen LogP contribution in [-0.4, -0.2) is 18.2 Å². The van der Waals surface area contributed by atoms with E-state index >= 15 is 0 Å². The van der Waals surface area contributed by atoms with Crippen LogP contribution in [0, 0.1) is 5.82 Å². The molecule has 0 heterocycles. The SMILES string of the molecule is COc1c(C(=O)O)cc(Cl)c(F)c1-c1ccccc1. The van der Waals surface area contributed by atoms with E-state index in [1.165, 1.54) is 7.11 Å². The maximum absolute atomic E-state index is 14.2. The highest BCUT2D eigenvalue weighted by Crippen LogP contribution is 2.39. The Balaban J connectivity index is 2.81. The molecule has 0 saturated heterocycles. The lowest BCUT2D eigenvalue weighted by Gasteiger charge is -2.13. The third-order valence-electron chi connectivity index (χ3n) is 2.67. The fourth-order valence-corrected chi connectivity index (χ4v) is 2.05. The number of carboxylic acid groups (broad SMARTS) is 1. The largest absolute Gasteiger partial charge is 0.495 e. The number of halogens is 2. The molecule has 3 nitrogen and oxygen atoms in total. The van der Waals surface area contributed by atoms with Crippen molar-refractivity contribution in [3.63, 3.8) is 0 Å². The van der Waals surface area contributed by atoms with Crippen LogP contribution in [0.5, 0.6) is 5.75 Å². The molecule has 1 N–H and O–H groups in total. The molecule has 98 valence electrons. The number of hydrogen-bond donors (Lipinski definition) is 1. The van der Waals surface area contributed by atoms with Gasteiger partial charge in [-0.25, -0.2) is 9.18 Å². The number of rotatable bonds is 3. The monoisotopic (exact) mass is 280 g/mol. The standard InChI is InChI=1S/C14H10ClFO3/c1-19-13-9(14(17)18)7-10(15)12(16)11(13)8-5-3-2-4-6-8/h2-7H,1H3,(H,17,18). The molecule has 0 spiro atoms. The van der Waals surface area contributed by atoms with Gasteiger partial charge in [-0.2, -0.15) is 0 Å². The molecule has 0 fully saturated rings. The zero-order chi connectivity index (χ0) is 14.0. The van der Waals surface area contributed by atoms with Gasteiger partial charge in [-0.3, -0.25) is 0 Å². The van der Waals surface area contributed by atoms with Gasteiger partial charge in [0.05, 0.1) is 17.7 Å². The summed E-state index contributed by atoms with van der Waals surface area (Å²) in [6.45, 7) is 0. The van der Waals surface area contributed by atoms with Crippen molar-refractivity contribution in [1.29, 1.82) is 0 Å². The number of hydrogen-bond acceptors (Lipinski definition) is 2. The van der Waals surface area contributed by atoms with E-state index in [4.69, 9.17) is 21.4 Å². The van der Waals surface area contributed by atoms with Crippen molar-refractivity contribution in [2.24, 2.45) is 0 Å². The quantitative estimate of drug-likeness (QED) is 0.929. The number of aromatic carboxylic acids is 1. The number of benzene rings is 2. The lowest BCUT2D eigenvalue weighted by Crippen LogP contribution is -2.04. The van der Waals surface area contributed by atoms with Crippen LogP contribution >= 0.6 is 11.6 Å². The highest BCUT2D eigenvalue weighted by Gasteiger charge is 2.23. The Bertz CT molecular complexity index is 626. The molecule has 0 unspecified atom stereocenters. The average molecular weight is 281 g/mol. The first-order valence-electron chi connectivity index (χ1n) is 5.41. The molecule has 0 atom stereocenters. The van der Waals surface area contributed by atoms with Crippen LogP contribution in [0.15, 0.2) is 36.4 Å². The first-order valence-corrected chi connectivity index (χ1v) is 5.78. The van der Waals surface area contributed by atoms with Crippen LogP contribution in [-0.2, 0) is 0 Å². The molecule has 0 bridgehead atoms. The molecular formula is C14H10ClFO3. The normalized spacial score (nSPS) is 10.3. The van der Waals surface area contributed by atoms with Gasteiger partial charge >= 0.3 is 5.97 Å². The average Bonchev–Trinajstić information content (AvgIpc) is 2.41. The van der Waals surface area contributed by atoms with E-state index in [9.17, 15) is 9.18 Å². The number of methoxy groups -OCH3 is 1. The summed E-state index contributed by atoms with van der Waals surface area (Å²) in [5.41, 5.74) is 0.377. The minimum atomic E-state index is -1.23. The van der Waals surface area contributed by atoms with Crippen molar-refractivity contribution < 1.29 is 19.0 Å². The summed E-state index contributed by atoms with van der Waals surface area (Å²) in [7, 11) is 1.29.